The van der Waals surface area contributed by atoms with Gasteiger partial charge in [0, 0.05) is 24.8 Å². The molecule has 3 amide bonds. The van der Waals surface area contributed by atoms with Gasteiger partial charge < -0.3 is 15.5 Å². The van der Waals surface area contributed by atoms with E-state index in [0.29, 0.717) is 31.5 Å². The van der Waals surface area contributed by atoms with Gasteiger partial charge in [0.15, 0.2) is 0 Å². The van der Waals surface area contributed by atoms with Crippen LogP contribution in [-0.2, 0) is 17.1 Å². The second-order valence-electron chi connectivity index (χ2n) is 7.29. The molecule has 0 aromatic heterocycles. The summed E-state index contributed by atoms with van der Waals surface area (Å²) >= 11 is 0. The standard InChI is InChI=1S/C18H19F6N3O2/c19-17(20,21)11-6-12(18(22,23)24)8-14(7-11)25-15(28)10-2-1-5-27(9-10)16(29)26-13-3-4-13/h6-8,10,13H,1-5,9H2,(H,25,28)(H,26,29). The normalized spacial score (nSPS) is 20.3. The highest BCUT2D eigenvalue weighted by Gasteiger charge is 2.37. The van der Waals surface area contributed by atoms with Gasteiger partial charge in [0.25, 0.3) is 0 Å². The van der Waals surface area contributed by atoms with Crippen LogP contribution < -0.4 is 10.6 Å². The molecule has 2 N–H and O–H groups in total. The van der Waals surface area contributed by atoms with Gasteiger partial charge in [-0.1, -0.05) is 0 Å². The average Bonchev–Trinajstić information content (AvgIpc) is 3.44. The summed E-state index contributed by atoms with van der Waals surface area (Å²) in [6, 6.07) is 0.743. The van der Waals surface area contributed by atoms with Crippen LogP contribution in [0.1, 0.15) is 36.8 Å². The van der Waals surface area contributed by atoms with E-state index in [2.05, 4.69) is 10.6 Å². The maximum absolute atomic E-state index is 12.9. The molecule has 3 rings (SSSR count). The van der Waals surface area contributed by atoms with Crippen molar-refractivity contribution in [3.8, 4) is 0 Å². The van der Waals surface area contributed by atoms with E-state index < -0.39 is 41.0 Å². The van der Waals surface area contributed by atoms with Crippen molar-refractivity contribution in [3.63, 3.8) is 0 Å². The first-order valence-electron chi connectivity index (χ1n) is 9.09. The van der Waals surface area contributed by atoms with Crippen LogP contribution in [0.15, 0.2) is 18.2 Å². The molecule has 2 aliphatic rings. The zero-order valence-electron chi connectivity index (χ0n) is 15.2. The highest BCUT2D eigenvalue weighted by Crippen LogP contribution is 2.37. The minimum Gasteiger partial charge on any atom is -0.335 e. The largest absolute Gasteiger partial charge is 0.416 e. The lowest BCUT2D eigenvalue weighted by molar-refractivity contribution is -0.143. The number of nitrogens with zero attached hydrogens (tertiary/aromatic N) is 1. The maximum atomic E-state index is 12.9. The van der Waals surface area contributed by atoms with Crippen molar-refractivity contribution in [2.45, 2.75) is 44.1 Å². The smallest absolute Gasteiger partial charge is 0.335 e. The molecule has 1 saturated carbocycles. The van der Waals surface area contributed by atoms with Crippen LogP contribution in [0.25, 0.3) is 0 Å². The summed E-state index contributed by atoms with van der Waals surface area (Å²) in [7, 11) is 0. The second kappa shape index (κ2) is 7.75. The summed E-state index contributed by atoms with van der Waals surface area (Å²) in [5.41, 5.74) is -3.59. The number of hydrogen-bond acceptors (Lipinski definition) is 2. The van der Waals surface area contributed by atoms with Gasteiger partial charge in [0.1, 0.15) is 0 Å². The molecule has 5 nitrogen and oxygen atoms in total. The average molecular weight is 423 g/mol. The van der Waals surface area contributed by atoms with Crippen molar-refractivity contribution < 1.29 is 35.9 Å². The summed E-state index contributed by atoms with van der Waals surface area (Å²) in [6.45, 7) is 0.486. The fourth-order valence-corrected chi connectivity index (χ4v) is 3.14. The van der Waals surface area contributed by atoms with Gasteiger partial charge in [-0.15, -0.1) is 0 Å². The predicted molar refractivity (Wildman–Crippen MR) is 90.9 cm³/mol. The van der Waals surface area contributed by atoms with E-state index in [1.54, 1.807) is 0 Å². The van der Waals surface area contributed by atoms with Gasteiger partial charge in [-0.3, -0.25) is 4.79 Å². The molecule has 1 saturated heterocycles. The summed E-state index contributed by atoms with van der Waals surface area (Å²) < 4.78 is 77.7. The molecule has 1 unspecified atom stereocenters. The number of rotatable bonds is 3. The lowest BCUT2D eigenvalue weighted by Crippen LogP contribution is -2.48. The van der Waals surface area contributed by atoms with Crippen LogP contribution >= 0.6 is 0 Å². The van der Waals surface area contributed by atoms with Gasteiger partial charge in [-0.2, -0.15) is 26.3 Å². The molecular weight excluding hydrogens is 404 g/mol. The third-order valence-electron chi connectivity index (χ3n) is 4.84. The van der Waals surface area contributed by atoms with E-state index in [9.17, 15) is 35.9 Å². The minimum absolute atomic E-state index is 0.000214. The molecule has 0 bridgehead atoms. The Labute approximate surface area is 162 Å². The van der Waals surface area contributed by atoms with Crippen LogP contribution in [0.5, 0.6) is 0 Å². The molecule has 0 spiro atoms. The third kappa shape index (κ3) is 5.54. The van der Waals surface area contributed by atoms with Crippen molar-refractivity contribution in [1.29, 1.82) is 0 Å². The summed E-state index contributed by atoms with van der Waals surface area (Å²) in [5, 5.41) is 4.94. The van der Waals surface area contributed by atoms with Gasteiger partial charge in [0.2, 0.25) is 5.91 Å². The number of hydrogen-bond donors (Lipinski definition) is 2. The molecule has 160 valence electrons. The van der Waals surface area contributed by atoms with Gasteiger partial charge in [0.05, 0.1) is 17.0 Å². The van der Waals surface area contributed by atoms with E-state index in [1.807, 2.05) is 0 Å². The Kier molecular flexibility index (Phi) is 5.68. The second-order valence-corrected chi connectivity index (χ2v) is 7.29. The molecule has 11 heteroatoms. The van der Waals surface area contributed by atoms with E-state index in [1.165, 1.54) is 4.90 Å². The number of carbonyl (C=O) groups excluding carboxylic acids is 2. The minimum atomic E-state index is -5.00. The van der Waals surface area contributed by atoms with Crippen LogP contribution in [0.3, 0.4) is 0 Å². The van der Waals surface area contributed by atoms with Crippen molar-refractivity contribution in [1.82, 2.24) is 10.2 Å². The van der Waals surface area contributed by atoms with Crippen LogP contribution in [0.2, 0.25) is 0 Å². The van der Waals surface area contributed by atoms with Crippen LogP contribution in [0.4, 0.5) is 36.8 Å². The summed E-state index contributed by atoms with van der Waals surface area (Å²) in [4.78, 5) is 26.0. The maximum Gasteiger partial charge on any atom is 0.416 e. The predicted octanol–water partition coefficient (Wildman–Crippen LogP) is 4.25. The fraction of sp³-hybridized carbons (Fsp3) is 0.556. The Morgan fingerprint density at radius 2 is 1.52 bits per heavy atom. The monoisotopic (exact) mass is 423 g/mol. The Morgan fingerprint density at radius 1 is 0.931 bits per heavy atom. The van der Waals surface area contributed by atoms with Gasteiger partial charge >= 0.3 is 18.4 Å². The number of urea groups is 1. The first kappa shape index (κ1) is 21.3. The molecule has 1 aliphatic carbocycles. The highest BCUT2D eigenvalue weighted by atomic mass is 19.4. The molecule has 1 atom stereocenters. The molecule has 29 heavy (non-hydrogen) atoms. The van der Waals surface area contributed by atoms with Crippen LogP contribution in [0, 0.1) is 5.92 Å². The van der Waals surface area contributed by atoms with E-state index >= 15 is 0 Å². The number of benzene rings is 1. The number of halogens is 6. The zero-order valence-corrected chi connectivity index (χ0v) is 15.2. The number of carbonyl (C=O) groups is 2. The molecular formula is C18H19F6N3O2. The molecule has 2 fully saturated rings. The third-order valence-corrected chi connectivity index (χ3v) is 4.84. The molecule has 0 radical (unpaired) electrons. The van der Waals surface area contributed by atoms with Crippen molar-refractivity contribution in [3.05, 3.63) is 29.3 Å². The fourth-order valence-electron chi connectivity index (χ4n) is 3.14. The Balaban J connectivity index is 1.72. The zero-order chi connectivity index (χ0) is 21.4. The Bertz CT molecular complexity index is 757. The number of alkyl halides is 6. The van der Waals surface area contributed by atoms with E-state index in [4.69, 9.17) is 0 Å². The topological polar surface area (TPSA) is 61.4 Å². The lowest BCUT2D eigenvalue weighted by Gasteiger charge is -2.32. The number of piperidine rings is 1. The lowest BCUT2D eigenvalue weighted by atomic mass is 9.97. The summed E-state index contributed by atoms with van der Waals surface area (Å²) in [5.74, 6) is -1.45. The van der Waals surface area contributed by atoms with E-state index in [0.717, 1.165) is 12.8 Å². The molecule has 1 aromatic carbocycles. The quantitative estimate of drug-likeness (QED) is 0.715. The first-order valence-corrected chi connectivity index (χ1v) is 9.09. The van der Waals surface area contributed by atoms with Crippen LogP contribution in [-0.4, -0.2) is 36.0 Å². The molecule has 1 heterocycles. The number of likely N-dealkylation sites (tertiary alicyclic amines) is 1. The van der Waals surface area contributed by atoms with Crippen molar-refractivity contribution >= 4 is 17.6 Å². The molecule has 1 aliphatic heterocycles. The number of anilines is 1. The van der Waals surface area contributed by atoms with Crippen molar-refractivity contribution in [2.75, 3.05) is 18.4 Å². The first-order chi connectivity index (χ1) is 13.4. The molecule has 1 aromatic rings. The van der Waals surface area contributed by atoms with E-state index in [-0.39, 0.29) is 24.7 Å². The Hall–Kier alpha value is -2.46. The van der Waals surface area contributed by atoms with Gasteiger partial charge in [-0.25, -0.2) is 4.79 Å². The van der Waals surface area contributed by atoms with Crippen molar-refractivity contribution in [2.24, 2.45) is 5.92 Å². The highest BCUT2D eigenvalue weighted by molar-refractivity contribution is 5.93. The SMILES string of the molecule is O=C(Nc1cc(C(F)(F)F)cc(C(F)(F)F)c1)C1CCCN(C(=O)NC2CC2)C1. The van der Waals surface area contributed by atoms with Gasteiger partial charge in [-0.05, 0) is 43.9 Å². The number of nitrogens with one attached hydrogen (secondary N) is 2. The summed E-state index contributed by atoms with van der Waals surface area (Å²) in [6.07, 6.45) is -7.33. The number of amides is 3. The Morgan fingerprint density at radius 3 is 2.03 bits per heavy atom.